The van der Waals surface area contributed by atoms with Crippen molar-refractivity contribution in [2.45, 2.75) is 58.1 Å². The van der Waals surface area contributed by atoms with Crippen LogP contribution in [-0.2, 0) is 37.1 Å². The standard InChI is InChI=1S/C14H19NO3.C14H17NO3/c2*1-2-15-9-12(16)8-13(15)14(17)18-10-11-6-4-3-5-7-11/h3-7,12-13,16H,2,8-10H2,1H3;3-7,13H,2,8-10H2,1H3. The van der Waals surface area contributed by atoms with Crippen molar-refractivity contribution < 1.29 is 29.0 Å². The van der Waals surface area contributed by atoms with Gasteiger partial charge in [0.15, 0.2) is 0 Å². The molecule has 2 aliphatic rings. The smallest absolute Gasteiger partial charge is 0.324 e. The van der Waals surface area contributed by atoms with Crippen LogP contribution in [0.1, 0.15) is 37.8 Å². The average molecular weight is 497 g/mol. The largest absolute Gasteiger partial charge is 0.460 e. The molecule has 36 heavy (non-hydrogen) atoms. The van der Waals surface area contributed by atoms with E-state index < -0.39 is 12.1 Å². The predicted octanol–water partition coefficient (Wildman–Crippen LogP) is 2.58. The Kier molecular flexibility index (Phi) is 10.6. The van der Waals surface area contributed by atoms with Crippen molar-refractivity contribution in [2.75, 3.05) is 26.2 Å². The predicted molar refractivity (Wildman–Crippen MR) is 135 cm³/mol. The highest BCUT2D eigenvalue weighted by molar-refractivity contribution is 5.91. The molecule has 2 saturated heterocycles. The van der Waals surface area contributed by atoms with Gasteiger partial charge in [-0.25, -0.2) is 0 Å². The second-order valence-corrected chi connectivity index (χ2v) is 9.00. The molecule has 3 unspecified atom stereocenters. The van der Waals surface area contributed by atoms with E-state index in [1.807, 2.05) is 84.3 Å². The normalized spacial score (nSPS) is 22.1. The first-order valence-corrected chi connectivity index (χ1v) is 12.5. The zero-order valence-corrected chi connectivity index (χ0v) is 21.0. The third-order valence-corrected chi connectivity index (χ3v) is 6.43. The highest BCUT2D eigenvalue weighted by atomic mass is 16.5. The first kappa shape index (κ1) is 27.5. The van der Waals surface area contributed by atoms with Crippen LogP contribution in [0, 0.1) is 0 Å². The SMILES string of the molecule is CCN1CC(=O)CC1C(=O)OCc1ccccc1.CCN1CC(O)CC1C(=O)OCc1ccccc1. The number of hydrogen-bond acceptors (Lipinski definition) is 8. The first-order valence-electron chi connectivity index (χ1n) is 12.5. The lowest BCUT2D eigenvalue weighted by Crippen LogP contribution is -2.37. The van der Waals surface area contributed by atoms with Gasteiger partial charge in [0, 0.05) is 19.4 Å². The second-order valence-electron chi connectivity index (χ2n) is 9.00. The third kappa shape index (κ3) is 7.98. The molecule has 0 saturated carbocycles. The quantitative estimate of drug-likeness (QED) is 0.557. The van der Waals surface area contributed by atoms with E-state index in [0.717, 1.165) is 17.7 Å². The van der Waals surface area contributed by atoms with Crippen molar-refractivity contribution in [3.8, 4) is 0 Å². The van der Waals surface area contributed by atoms with Gasteiger partial charge in [0.2, 0.25) is 0 Å². The van der Waals surface area contributed by atoms with Gasteiger partial charge in [-0.3, -0.25) is 24.2 Å². The number of benzene rings is 2. The van der Waals surface area contributed by atoms with Gasteiger partial charge in [-0.1, -0.05) is 74.5 Å². The fourth-order valence-corrected chi connectivity index (χ4v) is 4.43. The third-order valence-electron chi connectivity index (χ3n) is 6.43. The maximum atomic E-state index is 12.0. The van der Waals surface area contributed by atoms with E-state index in [-0.39, 0.29) is 36.8 Å². The number of carbonyl (C=O) groups excluding carboxylic acids is 3. The summed E-state index contributed by atoms with van der Waals surface area (Å²) in [5, 5.41) is 9.59. The summed E-state index contributed by atoms with van der Waals surface area (Å²) in [7, 11) is 0. The van der Waals surface area contributed by atoms with Crippen molar-refractivity contribution in [3.63, 3.8) is 0 Å². The van der Waals surface area contributed by atoms with Gasteiger partial charge in [-0.05, 0) is 24.2 Å². The molecule has 2 aromatic carbocycles. The van der Waals surface area contributed by atoms with Gasteiger partial charge in [0.05, 0.1) is 12.6 Å². The average Bonchev–Trinajstić information content (AvgIpc) is 3.49. The van der Waals surface area contributed by atoms with E-state index in [9.17, 15) is 19.5 Å². The van der Waals surface area contributed by atoms with Crippen LogP contribution in [0.15, 0.2) is 60.7 Å². The molecular formula is C28H36N2O6. The molecule has 4 rings (SSSR count). The summed E-state index contributed by atoms with van der Waals surface area (Å²) in [6, 6.07) is 18.5. The molecule has 194 valence electrons. The molecule has 0 bridgehead atoms. The van der Waals surface area contributed by atoms with E-state index in [1.165, 1.54) is 0 Å². The summed E-state index contributed by atoms with van der Waals surface area (Å²) in [6.45, 7) is 6.85. The zero-order chi connectivity index (χ0) is 25.9. The Morgan fingerprint density at radius 2 is 1.33 bits per heavy atom. The van der Waals surface area contributed by atoms with Gasteiger partial charge >= 0.3 is 11.9 Å². The van der Waals surface area contributed by atoms with Crippen molar-refractivity contribution >= 4 is 17.7 Å². The number of hydrogen-bond donors (Lipinski definition) is 1. The van der Waals surface area contributed by atoms with Gasteiger partial charge in [-0.2, -0.15) is 0 Å². The van der Waals surface area contributed by atoms with Crippen molar-refractivity contribution in [1.82, 2.24) is 9.80 Å². The molecule has 2 heterocycles. The maximum Gasteiger partial charge on any atom is 0.324 e. The summed E-state index contributed by atoms with van der Waals surface area (Å²) in [5.41, 5.74) is 1.94. The molecule has 2 aliphatic heterocycles. The Morgan fingerprint density at radius 3 is 1.83 bits per heavy atom. The number of nitrogens with zero attached hydrogens (tertiary/aromatic N) is 2. The van der Waals surface area contributed by atoms with Crippen LogP contribution in [-0.4, -0.2) is 77.0 Å². The summed E-state index contributed by atoms with van der Waals surface area (Å²) in [5.74, 6) is -0.428. The van der Waals surface area contributed by atoms with E-state index in [2.05, 4.69) is 0 Å². The number of carbonyl (C=O) groups is 3. The minimum Gasteiger partial charge on any atom is -0.460 e. The van der Waals surface area contributed by atoms with Crippen LogP contribution < -0.4 is 0 Å². The maximum absolute atomic E-state index is 12.0. The summed E-state index contributed by atoms with van der Waals surface area (Å²) in [6.07, 6.45) is 0.336. The monoisotopic (exact) mass is 496 g/mol. The number of esters is 2. The molecular weight excluding hydrogens is 460 g/mol. The number of Topliss-reactive ketones (excluding diaryl/α,β-unsaturated/α-hetero) is 1. The van der Waals surface area contributed by atoms with Crippen molar-refractivity contribution in [2.24, 2.45) is 0 Å². The number of β-amino-alcohol motifs (C(OH)–C–C–N with tert-alkyl or cyclic N) is 1. The lowest BCUT2D eigenvalue weighted by Gasteiger charge is -2.20. The van der Waals surface area contributed by atoms with Crippen LogP contribution >= 0.6 is 0 Å². The Labute approximate surface area is 212 Å². The van der Waals surface area contributed by atoms with Crippen LogP contribution in [0.3, 0.4) is 0 Å². The zero-order valence-electron chi connectivity index (χ0n) is 21.0. The van der Waals surface area contributed by atoms with Crippen LogP contribution in [0.25, 0.3) is 0 Å². The lowest BCUT2D eigenvalue weighted by molar-refractivity contribution is -0.151. The number of aliphatic hydroxyl groups is 1. The summed E-state index contributed by atoms with van der Waals surface area (Å²) in [4.78, 5) is 39.0. The number of likely N-dealkylation sites (N-methyl/N-ethyl adjacent to an activating group) is 2. The fraction of sp³-hybridized carbons (Fsp3) is 0.464. The molecule has 8 nitrogen and oxygen atoms in total. The highest BCUT2D eigenvalue weighted by Crippen LogP contribution is 2.19. The van der Waals surface area contributed by atoms with Crippen LogP contribution in [0.4, 0.5) is 0 Å². The molecule has 0 spiro atoms. The molecule has 3 atom stereocenters. The molecule has 0 radical (unpaired) electrons. The van der Waals surface area contributed by atoms with E-state index in [1.54, 1.807) is 0 Å². The molecule has 8 heteroatoms. The summed E-state index contributed by atoms with van der Waals surface area (Å²) < 4.78 is 10.6. The van der Waals surface area contributed by atoms with Crippen LogP contribution in [0.2, 0.25) is 0 Å². The number of ether oxygens (including phenoxy) is 2. The first-order chi connectivity index (χ1) is 17.4. The number of ketones is 1. The Morgan fingerprint density at radius 1 is 0.833 bits per heavy atom. The molecule has 2 aromatic rings. The van der Waals surface area contributed by atoms with Gasteiger partial charge in [0.25, 0.3) is 0 Å². The topological polar surface area (TPSA) is 96.4 Å². The van der Waals surface area contributed by atoms with E-state index in [0.29, 0.717) is 32.7 Å². The Bertz CT molecular complexity index is 984. The highest BCUT2D eigenvalue weighted by Gasteiger charge is 2.36. The van der Waals surface area contributed by atoms with Crippen LogP contribution in [0.5, 0.6) is 0 Å². The Balaban J connectivity index is 0.000000201. The second kappa shape index (κ2) is 13.9. The van der Waals surface area contributed by atoms with E-state index >= 15 is 0 Å². The molecule has 1 N–H and O–H groups in total. The lowest BCUT2D eigenvalue weighted by atomic mass is 10.2. The minimum absolute atomic E-state index is 0.110. The fourth-order valence-electron chi connectivity index (χ4n) is 4.43. The van der Waals surface area contributed by atoms with Gasteiger partial charge in [0.1, 0.15) is 31.1 Å². The van der Waals surface area contributed by atoms with Gasteiger partial charge < -0.3 is 14.6 Å². The molecule has 0 amide bonds. The van der Waals surface area contributed by atoms with Crippen molar-refractivity contribution in [1.29, 1.82) is 0 Å². The van der Waals surface area contributed by atoms with Crippen molar-refractivity contribution in [3.05, 3.63) is 71.8 Å². The minimum atomic E-state index is -0.417. The molecule has 2 fully saturated rings. The summed E-state index contributed by atoms with van der Waals surface area (Å²) >= 11 is 0. The Hall–Kier alpha value is -3.07. The van der Waals surface area contributed by atoms with Gasteiger partial charge in [-0.15, -0.1) is 0 Å². The number of aliphatic hydroxyl groups excluding tert-OH is 1. The molecule has 0 aliphatic carbocycles. The number of likely N-dealkylation sites (tertiary alicyclic amines) is 2. The number of rotatable bonds is 8. The van der Waals surface area contributed by atoms with E-state index in [4.69, 9.17) is 9.47 Å². The molecule has 0 aromatic heterocycles.